The van der Waals surface area contributed by atoms with E-state index in [9.17, 15) is 19.2 Å². The Morgan fingerprint density at radius 2 is 1.96 bits per heavy atom. The van der Waals surface area contributed by atoms with Crippen LogP contribution in [0.5, 0.6) is 0 Å². The van der Waals surface area contributed by atoms with Crippen molar-refractivity contribution >= 4 is 35.4 Å². The Balaban J connectivity index is 2.14. The largest absolute Gasteiger partial charge is 0.467 e. The van der Waals surface area contributed by atoms with Crippen molar-refractivity contribution in [3.63, 3.8) is 0 Å². The van der Waals surface area contributed by atoms with Gasteiger partial charge in [-0.05, 0) is 0 Å². The van der Waals surface area contributed by atoms with Gasteiger partial charge in [0.25, 0.3) is 5.91 Å². The zero-order valence-corrected chi connectivity index (χ0v) is 13.4. The third-order valence-electron chi connectivity index (χ3n) is 3.37. The summed E-state index contributed by atoms with van der Waals surface area (Å²) in [5.74, 6) is -3.18. The van der Waals surface area contributed by atoms with Gasteiger partial charge in [0.05, 0.1) is 7.11 Å². The van der Waals surface area contributed by atoms with Crippen LogP contribution in [0.25, 0.3) is 0 Å². The summed E-state index contributed by atoms with van der Waals surface area (Å²) in [7, 11) is 1.17. The second-order valence-electron chi connectivity index (χ2n) is 4.91. The maximum absolute atomic E-state index is 12.4. The van der Waals surface area contributed by atoms with Crippen molar-refractivity contribution in [3.8, 4) is 0 Å². The summed E-state index contributed by atoms with van der Waals surface area (Å²) in [6.45, 7) is 0. The third kappa shape index (κ3) is 3.83. The highest BCUT2D eigenvalue weighted by Gasteiger charge is 2.46. The number of methoxy groups -OCH3 is 1. The molecule has 1 aliphatic heterocycles. The van der Waals surface area contributed by atoms with E-state index in [-0.39, 0.29) is 0 Å². The van der Waals surface area contributed by atoms with Crippen LogP contribution >= 0.6 is 11.6 Å². The number of ether oxygens (including phenoxy) is 2. The highest BCUT2D eigenvalue weighted by Crippen LogP contribution is 2.19. The number of hydrogen-bond acceptors (Lipinski definition) is 6. The first kappa shape index (κ1) is 17.7. The second kappa shape index (κ2) is 7.78. The fourth-order valence-corrected chi connectivity index (χ4v) is 2.21. The Kier molecular flexibility index (Phi) is 5.75. The summed E-state index contributed by atoms with van der Waals surface area (Å²) in [6.07, 6.45) is -1.29. The average molecular weight is 355 g/mol. The molecule has 3 atom stereocenters. The SMILES string of the molecule is COC(=O)[C@H]1NC(=O)[C@H]1NC(=O)C(OC(=O)CCl)c1ccccc1. The maximum atomic E-state index is 12.4. The van der Waals surface area contributed by atoms with Crippen LogP contribution in [-0.4, -0.2) is 48.8 Å². The molecule has 8 nitrogen and oxygen atoms in total. The number of hydrogen-bond donors (Lipinski definition) is 2. The molecule has 1 unspecified atom stereocenters. The van der Waals surface area contributed by atoms with Crippen LogP contribution in [0.3, 0.4) is 0 Å². The van der Waals surface area contributed by atoms with E-state index in [4.69, 9.17) is 16.3 Å². The lowest BCUT2D eigenvalue weighted by Crippen LogP contribution is -2.72. The number of amides is 2. The molecule has 1 aliphatic rings. The number of esters is 2. The first-order valence-electron chi connectivity index (χ1n) is 6.97. The topological polar surface area (TPSA) is 111 Å². The highest BCUT2D eigenvalue weighted by molar-refractivity contribution is 6.26. The zero-order valence-electron chi connectivity index (χ0n) is 12.7. The molecular formula is C15H15ClN2O6. The summed E-state index contributed by atoms with van der Waals surface area (Å²) in [5.41, 5.74) is 0.405. The molecule has 0 saturated carbocycles. The molecule has 1 aromatic carbocycles. The molecule has 0 aliphatic carbocycles. The summed E-state index contributed by atoms with van der Waals surface area (Å²) >= 11 is 5.41. The van der Waals surface area contributed by atoms with Gasteiger partial charge in [0.1, 0.15) is 11.9 Å². The highest BCUT2D eigenvalue weighted by atomic mass is 35.5. The van der Waals surface area contributed by atoms with Crippen molar-refractivity contribution in [1.29, 1.82) is 0 Å². The molecule has 2 rings (SSSR count). The van der Waals surface area contributed by atoms with Crippen molar-refractivity contribution in [2.75, 3.05) is 13.0 Å². The quantitative estimate of drug-likeness (QED) is 0.411. The van der Waals surface area contributed by atoms with Gasteiger partial charge in [-0.15, -0.1) is 11.6 Å². The van der Waals surface area contributed by atoms with Crippen molar-refractivity contribution in [2.24, 2.45) is 0 Å². The van der Waals surface area contributed by atoms with Crippen LogP contribution in [0.1, 0.15) is 11.7 Å². The molecule has 9 heteroatoms. The number of carbonyl (C=O) groups excluding carboxylic acids is 4. The molecule has 2 N–H and O–H groups in total. The summed E-state index contributed by atoms with van der Waals surface area (Å²) in [4.78, 5) is 47.0. The van der Waals surface area contributed by atoms with Crippen molar-refractivity contribution < 1.29 is 28.7 Å². The van der Waals surface area contributed by atoms with Crippen molar-refractivity contribution in [1.82, 2.24) is 10.6 Å². The molecule has 24 heavy (non-hydrogen) atoms. The van der Waals surface area contributed by atoms with E-state index >= 15 is 0 Å². The van der Waals surface area contributed by atoms with E-state index in [0.29, 0.717) is 5.56 Å². The Hall–Kier alpha value is -2.61. The standard InChI is InChI=1S/C15H15ClN2O6/c1-23-15(22)11-10(13(20)18-11)17-14(21)12(24-9(19)7-16)8-5-3-2-4-6-8/h2-6,10-12H,7H2,1H3,(H,17,21)(H,18,20)/t10-,11-,12?/m0/s1. The summed E-state index contributed by atoms with van der Waals surface area (Å²) < 4.78 is 9.58. The molecule has 128 valence electrons. The van der Waals surface area contributed by atoms with Gasteiger partial charge < -0.3 is 20.1 Å². The predicted molar refractivity (Wildman–Crippen MR) is 81.9 cm³/mol. The van der Waals surface area contributed by atoms with E-state index in [1.807, 2.05) is 0 Å². The molecule has 0 aromatic heterocycles. The lowest BCUT2D eigenvalue weighted by atomic mass is 9.98. The van der Waals surface area contributed by atoms with Crippen LogP contribution in [0, 0.1) is 0 Å². The minimum absolute atomic E-state index is 0.405. The lowest BCUT2D eigenvalue weighted by Gasteiger charge is -2.35. The fourth-order valence-electron chi connectivity index (χ4n) is 2.15. The molecule has 1 heterocycles. The second-order valence-corrected chi connectivity index (χ2v) is 5.18. The Morgan fingerprint density at radius 3 is 2.50 bits per heavy atom. The fraction of sp³-hybridized carbons (Fsp3) is 0.333. The lowest BCUT2D eigenvalue weighted by molar-refractivity contribution is -0.158. The van der Waals surface area contributed by atoms with Crippen LogP contribution in [0.4, 0.5) is 0 Å². The van der Waals surface area contributed by atoms with Gasteiger partial charge in [-0.2, -0.15) is 0 Å². The molecule has 1 fully saturated rings. The van der Waals surface area contributed by atoms with Gasteiger partial charge >= 0.3 is 11.9 Å². The number of rotatable bonds is 6. The van der Waals surface area contributed by atoms with E-state index in [1.165, 1.54) is 7.11 Å². The van der Waals surface area contributed by atoms with Crippen LogP contribution in [-0.2, 0) is 28.7 Å². The molecule has 0 bridgehead atoms. The van der Waals surface area contributed by atoms with Gasteiger partial charge in [0.2, 0.25) is 12.0 Å². The minimum Gasteiger partial charge on any atom is -0.467 e. The molecule has 1 aromatic rings. The molecule has 1 saturated heterocycles. The van der Waals surface area contributed by atoms with Crippen molar-refractivity contribution in [2.45, 2.75) is 18.2 Å². The van der Waals surface area contributed by atoms with E-state index in [2.05, 4.69) is 15.4 Å². The number of carbonyl (C=O) groups is 4. The third-order valence-corrected chi connectivity index (χ3v) is 3.58. The first-order valence-corrected chi connectivity index (χ1v) is 7.50. The van der Waals surface area contributed by atoms with Gasteiger partial charge in [-0.3, -0.25) is 14.4 Å². The van der Waals surface area contributed by atoms with E-state index < -0.39 is 47.8 Å². The van der Waals surface area contributed by atoms with Gasteiger partial charge in [-0.1, -0.05) is 30.3 Å². The molecular weight excluding hydrogens is 340 g/mol. The number of nitrogens with one attached hydrogen (secondary N) is 2. The molecule has 0 spiro atoms. The Labute approximate surface area is 142 Å². The smallest absolute Gasteiger partial charge is 0.331 e. The van der Waals surface area contributed by atoms with Crippen LogP contribution in [0.2, 0.25) is 0 Å². The zero-order chi connectivity index (χ0) is 17.7. The monoisotopic (exact) mass is 354 g/mol. The van der Waals surface area contributed by atoms with E-state index in [1.54, 1.807) is 30.3 Å². The van der Waals surface area contributed by atoms with Crippen LogP contribution in [0.15, 0.2) is 30.3 Å². The first-order chi connectivity index (χ1) is 11.5. The predicted octanol–water partition coefficient (Wildman–Crippen LogP) is -0.334. The summed E-state index contributed by atoms with van der Waals surface area (Å²) in [6, 6.07) is 6.16. The van der Waals surface area contributed by atoms with E-state index in [0.717, 1.165) is 0 Å². The number of halogens is 1. The number of β-lactam (4-membered cyclic amide) rings is 1. The normalized spacial score (nSPS) is 20.2. The maximum Gasteiger partial charge on any atom is 0.331 e. The van der Waals surface area contributed by atoms with Gasteiger partial charge in [0.15, 0.2) is 6.04 Å². The van der Waals surface area contributed by atoms with Crippen molar-refractivity contribution in [3.05, 3.63) is 35.9 Å². The number of alkyl halides is 1. The molecule has 0 radical (unpaired) electrons. The van der Waals surface area contributed by atoms with Crippen LogP contribution < -0.4 is 10.6 Å². The number of benzene rings is 1. The minimum atomic E-state index is -1.29. The van der Waals surface area contributed by atoms with Gasteiger partial charge in [-0.25, -0.2) is 4.79 Å². The summed E-state index contributed by atoms with van der Waals surface area (Å²) in [5, 5.41) is 4.71. The van der Waals surface area contributed by atoms with Gasteiger partial charge in [0, 0.05) is 5.56 Å². The average Bonchev–Trinajstić information content (AvgIpc) is 2.61. The Morgan fingerprint density at radius 1 is 1.29 bits per heavy atom. The Bertz CT molecular complexity index is 651. The molecule has 2 amide bonds.